The van der Waals surface area contributed by atoms with E-state index < -0.39 is 0 Å². The Labute approximate surface area is 389 Å². The van der Waals surface area contributed by atoms with Crippen molar-refractivity contribution in [3.05, 3.63) is 0 Å². The predicted molar refractivity (Wildman–Crippen MR) is 282 cm³/mol. The van der Waals surface area contributed by atoms with E-state index in [0.717, 1.165) is 12.1 Å². The predicted octanol–water partition coefficient (Wildman–Crippen LogP) is 20.9. The second-order valence-corrected chi connectivity index (χ2v) is 20.7. The topological polar surface area (TPSA) is 24.1 Å². The van der Waals surface area contributed by atoms with Crippen molar-refractivity contribution >= 4 is 0 Å². The molecule has 0 aromatic carbocycles. The third-order valence-corrected chi connectivity index (χ3v) is 14.3. The van der Waals surface area contributed by atoms with Gasteiger partial charge in [-0.05, 0) is 51.6 Å². The standard InChI is InChI=1S/C59H122N2/c1-5-9-13-17-21-25-29-33-37-41-46-52-58(53-47-42-38-34-30-26-22-18-14-10-6-2)60-56-50-45-51-57-61-59(54-48-43-39-35-31-27-23-19-15-11-7-3)55-49-44-40-36-32-28-24-20-16-12-8-4/h58-61H,5-57H2,1-4H3. The van der Waals surface area contributed by atoms with Gasteiger partial charge in [0.15, 0.2) is 0 Å². The van der Waals surface area contributed by atoms with Gasteiger partial charge in [0.25, 0.3) is 0 Å². The molecular weight excluding hydrogens is 737 g/mol. The molecular formula is C59H122N2. The first-order valence-corrected chi connectivity index (χ1v) is 29.7. The number of nitrogens with one attached hydrogen (secondary N) is 2. The van der Waals surface area contributed by atoms with Gasteiger partial charge in [0.1, 0.15) is 0 Å². The molecule has 0 aliphatic heterocycles. The summed E-state index contributed by atoms with van der Waals surface area (Å²) in [5.74, 6) is 0. The van der Waals surface area contributed by atoms with E-state index in [0.29, 0.717) is 0 Å². The van der Waals surface area contributed by atoms with Crippen LogP contribution in [0.25, 0.3) is 0 Å². The Hall–Kier alpha value is -0.0800. The van der Waals surface area contributed by atoms with Crippen LogP contribution in [0.2, 0.25) is 0 Å². The van der Waals surface area contributed by atoms with Crippen LogP contribution < -0.4 is 10.6 Å². The maximum atomic E-state index is 4.10. The Bertz CT molecular complexity index is 624. The van der Waals surface area contributed by atoms with Gasteiger partial charge in [-0.15, -0.1) is 0 Å². The minimum atomic E-state index is 0.760. The Morgan fingerprint density at radius 1 is 0.180 bits per heavy atom. The molecule has 368 valence electrons. The van der Waals surface area contributed by atoms with Gasteiger partial charge in [0.05, 0.1) is 0 Å². The van der Waals surface area contributed by atoms with Crippen molar-refractivity contribution < 1.29 is 0 Å². The smallest absolute Gasteiger partial charge is 0.00670 e. The molecule has 0 heterocycles. The molecule has 2 nitrogen and oxygen atoms in total. The molecule has 0 saturated heterocycles. The van der Waals surface area contributed by atoms with Crippen molar-refractivity contribution in [3.63, 3.8) is 0 Å². The van der Waals surface area contributed by atoms with E-state index >= 15 is 0 Å². The van der Waals surface area contributed by atoms with Crippen LogP contribution >= 0.6 is 0 Å². The molecule has 2 heteroatoms. The molecule has 0 rings (SSSR count). The van der Waals surface area contributed by atoms with Gasteiger partial charge in [-0.1, -0.05) is 317 Å². The summed E-state index contributed by atoms with van der Waals surface area (Å²) in [5, 5.41) is 8.19. The van der Waals surface area contributed by atoms with E-state index in [9.17, 15) is 0 Å². The fraction of sp³-hybridized carbons (Fsp3) is 1.00. The Morgan fingerprint density at radius 3 is 0.508 bits per heavy atom. The fourth-order valence-electron chi connectivity index (χ4n) is 9.96. The highest BCUT2D eigenvalue weighted by Crippen LogP contribution is 2.19. The highest BCUT2D eigenvalue weighted by molar-refractivity contribution is 4.70. The fourth-order valence-corrected chi connectivity index (χ4v) is 9.96. The zero-order chi connectivity index (χ0) is 44.0. The summed E-state index contributed by atoms with van der Waals surface area (Å²) in [6, 6.07) is 1.52. The molecule has 0 aliphatic carbocycles. The van der Waals surface area contributed by atoms with Crippen LogP contribution in [0.1, 0.15) is 355 Å². The molecule has 0 aromatic rings. The molecule has 0 aliphatic rings. The van der Waals surface area contributed by atoms with Gasteiger partial charge < -0.3 is 10.6 Å². The molecule has 0 unspecified atom stereocenters. The Kier molecular flexibility index (Phi) is 56.0. The molecule has 2 N–H and O–H groups in total. The minimum absolute atomic E-state index is 0.760. The molecule has 61 heavy (non-hydrogen) atoms. The first-order valence-electron chi connectivity index (χ1n) is 29.7. The summed E-state index contributed by atoms with van der Waals surface area (Å²) in [7, 11) is 0. The van der Waals surface area contributed by atoms with Crippen molar-refractivity contribution in [1.82, 2.24) is 10.6 Å². The SMILES string of the molecule is CCCCCCCCCCCCCC(CCCCCCCCCCCCC)NCCCCCNC(CCCCCCCCCCCCC)CCCCCCCCCCCCC. The van der Waals surface area contributed by atoms with Crippen molar-refractivity contribution in [1.29, 1.82) is 0 Å². The van der Waals surface area contributed by atoms with Crippen LogP contribution in [0, 0.1) is 0 Å². The summed E-state index contributed by atoms with van der Waals surface area (Å²) < 4.78 is 0. The van der Waals surface area contributed by atoms with Gasteiger partial charge >= 0.3 is 0 Å². The van der Waals surface area contributed by atoms with E-state index in [4.69, 9.17) is 0 Å². The van der Waals surface area contributed by atoms with E-state index in [2.05, 4.69) is 38.3 Å². The van der Waals surface area contributed by atoms with Crippen LogP contribution in [0.5, 0.6) is 0 Å². The monoisotopic (exact) mass is 859 g/mol. The lowest BCUT2D eigenvalue weighted by Crippen LogP contribution is -2.31. The van der Waals surface area contributed by atoms with Gasteiger partial charge in [0.2, 0.25) is 0 Å². The quantitative estimate of drug-likeness (QED) is 0.0596. The zero-order valence-electron chi connectivity index (χ0n) is 43.6. The first kappa shape index (κ1) is 60.9. The van der Waals surface area contributed by atoms with E-state index in [1.807, 2.05) is 0 Å². The molecule has 0 spiro atoms. The summed E-state index contributed by atoms with van der Waals surface area (Å²) in [4.78, 5) is 0. The van der Waals surface area contributed by atoms with Gasteiger partial charge in [0, 0.05) is 12.1 Å². The third-order valence-electron chi connectivity index (χ3n) is 14.3. The number of rotatable bonds is 56. The lowest BCUT2D eigenvalue weighted by Gasteiger charge is -2.20. The van der Waals surface area contributed by atoms with Crippen LogP contribution in [0.4, 0.5) is 0 Å². The van der Waals surface area contributed by atoms with Crippen molar-refractivity contribution in [2.75, 3.05) is 13.1 Å². The molecule has 0 bridgehead atoms. The average Bonchev–Trinajstić information content (AvgIpc) is 3.27. The van der Waals surface area contributed by atoms with Crippen LogP contribution in [0.3, 0.4) is 0 Å². The first-order chi connectivity index (χ1) is 30.3. The molecule has 0 saturated carbocycles. The molecule has 0 radical (unpaired) electrons. The van der Waals surface area contributed by atoms with Crippen molar-refractivity contribution in [2.24, 2.45) is 0 Å². The number of hydrogen-bond acceptors (Lipinski definition) is 2. The van der Waals surface area contributed by atoms with Gasteiger partial charge in [-0.2, -0.15) is 0 Å². The van der Waals surface area contributed by atoms with Crippen molar-refractivity contribution in [3.8, 4) is 0 Å². The van der Waals surface area contributed by atoms with Crippen LogP contribution in [-0.4, -0.2) is 25.2 Å². The lowest BCUT2D eigenvalue weighted by atomic mass is 9.99. The second-order valence-electron chi connectivity index (χ2n) is 20.7. The van der Waals surface area contributed by atoms with Crippen molar-refractivity contribution in [2.45, 2.75) is 367 Å². The third kappa shape index (κ3) is 52.4. The van der Waals surface area contributed by atoms with E-state index in [-0.39, 0.29) is 0 Å². The van der Waals surface area contributed by atoms with Crippen LogP contribution in [0.15, 0.2) is 0 Å². The van der Waals surface area contributed by atoms with Crippen LogP contribution in [-0.2, 0) is 0 Å². The zero-order valence-corrected chi connectivity index (χ0v) is 43.6. The minimum Gasteiger partial charge on any atom is -0.314 e. The average molecular weight is 860 g/mol. The highest BCUT2D eigenvalue weighted by atomic mass is 14.9. The normalized spacial score (nSPS) is 11.9. The van der Waals surface area contributed by atoms with Gasteiger partial charge in [-0.25, -0.2) is 0 Å². The highest BCUT2D eigenvalue weighted by Gasteiger charge is 2.10. The summed E-state index contributed by atoms with van der Waals surface area (Å²) in [6.45, 7) is 11.8. The molecule has 0 aromatic heterocycles. The molecule has 0 amide bonds. The van der Waals surface area contributed by atoms with Gasteiger partial charge in [-0.3, -0.25) is 0 Å². The maximum absolute atomic E-state index is 4.10. The number of hydrogen-bond donors (Lipinski definition) is 2. The summed E-state index contributed by atoms with van der Waals surface area (Å²) in [6.07, 6.45) is 73.7. The Morgan fingerprint density at radius 2 is 0.328 bits per heavy atom. The number of unbranched alkanes of at least 4 members (excludes halogenated alkanes) is 42. The van der Waals surface area contributed by atoms with E-state index in [1.54, 1.807) is 0 Å². The largest absolute Gasteiger partial charge is 0.314 e. The van der Waals surface area contributed by atoms with E-state index in [1.165, 1.54) is 341 Å². The Balaban J connectivity index is 4.47. The molecule has 0 fully saturated rings. The second kappa shape index (κ2) is 56.1. The summed E-state index contributed by atoms with van der Waals surface area (Å²) >= 11 is 0. The summed E-state index contributed by atoms with van der Waals surface area (Å²) in [5.41, 5.74) is 0. The maximum Gasteiger partial charge on any atom is 0.00670 e. The molecule has 0 atom stereocenters. The lowest BCUT2D eigenvalue weighted by molar-refractivity contribution is 0.395.